The zero-order chi connectivity index (χ0) is 19.5. The van der Waals surface area contributed by atoms with Crippen molar-refractivity contribution >= 4 is 11.6 Å². The number of rotatable bonds is 5. The van der Waals surface area contributed by atoms with Crippen LogP contribution in [0.3, 0.4) is 0 Å². The summed E-state index contributed by atoms with van der Waals surface area (Å²) >= 11 is 0. The van der Waals surface area contributed by atoms with Gasteiger partial charge in [0.25, 0.3) is 11.6 Å². The predicted octanol–water partition coefficient (Wildman–Crippen LogP) is 4.29. The lowest BCUT2D eigenvalue weighted by Gasteiger charge is -2.16. The van der Waals surface area contributed by atoms with E-state index in [2.05, 4.69) is 10.1 Å². The first-order chi connectivity index (χ1) is 12.1. The number of nitrogens with zero attached hydrogens (tertiary/aromatic N) is 1. The molecule has 9 heteroatoms. The number of para-hydroxylation sites is 1. The topological polar surface area (TPSA) is 81.5 Å². The summed E-state index contributed by atoms with van der Waals surface area (Å²) in [6.45, 7) is 3.14. The number of benzene rings is 2. The average Bonchev–Trinajstić information content (AvgIpc) is 2.53. The van der Waals surface area contributed by atoms with Crippen molar-refractivity contribution in [3.8, 4) is 5.75 Å². The number of carbonyl (C=O) groups is 1. The van der Waals surface area contributed by atoms with Crippen molar-refractivity contribution in [3.63, 3.8) is 0 Å². The molecular weight excluding hydrogens is 353 g/mol. The molecule has 6 nitrogen and oxygen atoms in total. The fourth-order valence-corrected chi connectivity index (χ4v) is 2.40. The Kier molecular flexibility index (Phi) is 5.49. The molecule has 0 aliphatic carbocycles. The Bertz CT molecular complexity index is 820. The smallest absolute Gasteiger partial charge is 0.406 e. The third-order valence-electron chi connectivity index (χ3n) is 3.63. The molecule has 0 aromatic heterocycles. The first-order valence-electron chi connectivity index (χ1n) is 7.49. The van der Waals surface area contributed by atoms with Gasteiger partial charge >= 0.3 is 6.36 Å². The van der Waals surface area contributed by atoms with E-state index in [-0.39, 0.29) is 17.0 Å². The fraction of sp³-hybridized carbons (Fsp3) is 0.235. The van der Waals surface area contributed by atoms with Crippen LogP contribution in [0, 0.1) is 17.0 Å². The van der Waals surface area contributed by atoms with Gasteiger partial charge in [-0.1, -0.05) is 24.3 Å². The van der Waals surface area contributed by atoms with E-state index in [0.717, 1.165) is 12.1 Å². The van der Waals surface area contributed by atoms with Crippen molar-refractivity contribution in [3.05, 3.63) is 69.3 Å². The highest BCUT2D eigenvalue weighted by Gasteiger charge is 2.31. The van der Waals surface area contributed by atoms with E-state index in [4.69, 9.17) is 0 Å². The lowest BCUT2D eigenvalue weighted by atomic mass is 10.1. The largest absolute Gasteiger partial charge is 0.573 e. The second kappa shape index (κ2) is 7.42. The second-order valence-electron chi connectivity index (χ2n) is 5.54. The monoisotopic (exact) mass is 368 g/mol. The van der Waals surface area contributed by atoms with Gasteiger partial charge in [0.15, 0.2) is 0 Å². The Morgan fingerprint density at radius 3 is 2.35 bits per heavy atom. The first-order valence-corrected chi connectivity index (χ1v) is 7.49. The van der Waals surface area contributed by atoms with Crippen molar-refractivity contribution < 1.29 is 27.6 Å². The van der Waals surface area contributed by atoms with Gasteiger partial charge in [0.05, 0.1) is 11.0 Å². The van der Waals surface area contributed by atoms with E-state index in [0.29, 0.717) is 11.1 Å². The highest BCUT2D eigenvalue weighted by molar-refractivity contribution is 5.98. The quantitative estimate of drug-likeness (QED) is 0.630. The van der Waals surface area contributed by atoms with Crippen LogP contribution in [-0.4, -0.2) is 17.2 Å². The summed E-state index contributed by atoms with van der Waals surface area (Å²) in [5.74, 6) is -1.03. The van der Waals surface area contributed by atoms with E-state index in [1.807, 2.05) is 0 Å². The molecule has 0 saturated carbocycles. The summed E-state index contributed by atoms with van der Waals surface area (Å²) in [6.07, 6.45) is -4.79. The maximum Gasteiger partial charge on any atom is 0.573 e. The highest BCUT2D eigenvalue weighted by Crippen LogP contribution is 2.26. The number of alkyl halides is 3. The van der Waals surface area contributed by atoms with E-state index in [1.54, 1.807) is 6.92 Å². The molecule has 1 atom stereocenters. The molecule has 2 aromatic rings. The van der Waals surface area contributed by atoms with Crippen LogP contribution in [0.5, 0.6) is 5.75 Å². The molecular formula is C17H15F3N2O4. The van der Waals surface area contributed by atoms with Crippen LogP contribution in [0.2, 0.25) is 0 Å². The van der Waals surface area contributed by atoms with Gasteiger partial charge in [-0.2, -0.15) is 0 Å². The lowest BCUT2D eigenvalue weighted by molar-refractivity contribution is -0.385. The number of nitrogens with one attached hydrogen (secondary N) is 1. The molecule has 0 aliphatic rings. The fourth-order valence-electron chi connectivity index (χ4n) is 2.40. The van der Waals surface area contributed by atoms with Gasteiger partial charge in [0.2, 0.25) is 0 Å². The Morgan fingerprint density at radius 1 is 1.19 bits per heavy atom. The summed E-state index contributed by atoms with van der Waals surface area (Å²) in [6, 6.07) is 8.81. The number of amides is 1. The molecule has 0 radical (unpaired) electrons. The summed E-state index contributed by atoms with van der Waals surface area (Å²) in [5.41, 5.74) is 0.497. The zero-order valence-corrected chi connectivity index (χ0v) is 13.8. The molecule has 0 aliphatic heterocycles. The van der Waals surface area contributed by atoms with Gasteiger partial charge in [-0.15, -0.1) is 13.2 Å². The third kappa shape index (κ3) is 4.71. The van der Waals surface area contributed by atoms with Crippen molar-refractivity contribution in [2.75, 3.05) is 0 Å². The number of nitro groups is 1. The SMILES string of the molecule is Cc1cccc(C(=O)N[C@@H](C)c2ccc(OC(F)(F)F)cc2)c1[N+](=O)[O-]. The molecule has 2 aromatic carbocycles. The van der Waals surface area contributed by atoms with Gasteiger partial charge in [-0.25, -0.2) is 0 Å². The third-order valence-corrected chi connectivity index (χ3v) is 3.63. The zero-order valence-electron chi connectivity index (χ0n) is 13.8. The number of hydrogen-bond acceptors (Lipinski definition) is 4. The minimum absolute atomic E-state index is 0.0844. The van der Waals surface area contributed by atoms with E-state index in [9.17, 15) is 28.1 Å². The average molecular weight is 368 g/mol. The number of nitro benzene ring substituents is 1. The molecule has 2 rings (SSSR count). The number of carbonyl (C=O) groups excluding carboxylic acids is 1. The van der Waals surface area contributed by atoms with Crippen LogP contribution in [0.25, 0.3) is 0 Å². The Morgan fingerprint density at radius 2 is 1.81 bits per heavy atom. The number of ether oxygens (including phenoxy) is 1. The van der Waals surface area contributed by atoms with Gasteiger partial charge in [-0.3, -0.25) is 14.9 Å². The molecule has 1 amide bonds. The first kappa shape index (κ1) is 19.2. The molecule has 0 unspecified atom stereocenters. The summed E-state index contributed by atoms with van der Waals surface area (Å²) < 4.78 is 40.3. The Hall–Kier alpha value is -3.10. The standard InChI is InChI=1S/C17H15F3N2O4/c1-10-4-3-5-14(15(10)22(24)25)16(23)21-11(2)12-6-8-13(9-7-12)26-17(18,19)20/h3-9,11H,1-2H3,(H,21,23)/t11-/m0/s1. The van der Waals surface area contributed by atoms with Crippen molar-refractivity contribution in [1.29, 1.82) is 0 Å². The van der Waals surface area contributed by atoms with Crippen LogP contribution in [0.1, 0.15) is 34.5 Å². The van der Waals surface area contributed by atoms with Gasteiger partial charge in [0, 0.05) is 5.56 Å². The molecule has 0 spiro atoms. The van der Waals surface area contributed by atoms with Crippen LogP contribution in [-0.2, 0) is 0 Å². The summed E-state index contributed by atoms with van der Waals surface area (Å²) in [7, 11) is 0. The Labute approximate surface area is 146 Å². The van der Waals surface area contributed by atoms with Crippen LogP contribution in [0.15, 0.2) is 42.5 Å². The molecule has 0 heterocycles. The maximum atomic E-state index is 12.4. The molecule has 0 bridgehead atoms. The molecule has 138 valence electrons. The minimum atomic E-state index is -4.79. The number of hydrogen-bond donors (Lipinski definition) is 1. The van der Waals surface area contributed by atoms with E-state index >= 15 is 0 Å². The van der Waals surface area contributed by atoms with Gasteiger partial charge in [-0.05, 0) is 37.6 Å². The Balaban J connectivity index is 2.15. The minimum Gasteiger partial charge on any atom is -0.406 e. The van der Waals surface area contributed by atoms with E-state index in [1.165, 1.54) is 37.3 Å². The number of aryl methyl sites for hydroxylation is 1. The normalized spacial score (nSPS) is 12.3. The van der Waals surface area contributed by atoms with Crippen LogP contribution < -0.4 is 10.1 Å². The van der Waals surface area contributed by atoms with Gasteiger partial charge in [0.1, 0.15) is 11.3 Å². The van der Waals surface area contributed by atoms with Gasteiger partial charge < -0.3 is 10.1 Å². The van der Waals surface area contributed by atoms with Crippen molar-refractivity contribution in [2.24, 2.45) is 0 Å². The predicted molar refractivity (Wildman–Crippen MR) is 86.8 cm³/mol. The molecule has 0 saturated heterocycles. The second-order valence-corrected chi connectivity index (χ2v) is 5.54. The summed E-state index contributed by atoms with van der Waals surface area (Å²) in [5, 5.41) is 13.8. The molecule has 26 heavy (non-hydrogen) atoms. The number of halogens is 3. The lowest BCUT2D eigenvalue weighted by Crippen LogP contribution is -2.27. The maximum absolute atomic E-state index is 12.4. The van der Waals surface area contributed by atoms with Crippen molar-refractivity contribution in [2.45, 2.75) is 26.3 Å². The molecule has 0 fully saturated rings. The molecule has 1 N–H and O–H groups in total. The van der Waals surface area contributed by atoms with Crippen LogP contribution in [0.4, 0.5) is 18.9 Å². The highest BCUT2D eigenvalue weighted by atomic mass is 19.4. The summed E-state index contributed by atoms with van der Waals surface area (Å²) in [4.78, 5) is 22.9. The van der Waals surface area contributed by atoms with Crippen LogP contribution >= 0.6 is 0 Å². The van der Waals surface area contributed by atoms with E-state index < -0.39 is 23.2 Å². The van der Waals surface area contributed by atoms with Crippen molar-refractivity contribution in [1.82, 2.24) is 5.32 Å².